The Hall–Kier alpha value is -2.25. The van der Waals surface area contributed by atoms with Gasteiger partial charge in [0.25, 0.3) is 0 Å². The second kappa shape index (κ2) is 4.21. The van der Waals surface area contributed by atoms with Gasteiger partial charge in [-0.25, -0.2) is 4.39 Å². The molecule has 1 heterocycles. The summed E-state index contributed by atoms with van der Waals surface area (Å²) in [5, 5.41) is 9.02. The van der Waals surface area contributed by atoms with Crippen molar-refractivity contribution >= 4 is 5.78 Å². The molecule has 0 aliphatic rings. The Kier molecular flexibility index (Phi) is 2.85. The summed E-state index contributed by atoms with van der Waals surface area (Å²) in [6.45, 7) is 0. The van der Waals surface area contributed by atoms with E-state index in [0.717, 1.165) is 12.3 Å². The molecule has 0 spiro atoms. The highest BCUT2D eigenvalue weighted by atomic mass is 19.4. The van der Waals surface area contributed by atoms with Crippen LogP contribution in [0.1, 0.15) is 21.6 Å². The van der Waals surface area contributed by atoms with Crippen molar-refractivity contribution < 1.29 is 22.4 Å². The smallest absolute Gasteiger partial charge is 0.287 e. The van der Waals surface area contributed by atoms with E-state index in [2.05, 4.69) is 15.4 Å². The van der Waals surface area contributed by atoms with Crippen LogP contribution >= 0.6 is 0 Å². The van der Waals surface area contributed by atoms with Gasteiger partial charge in [-0.2, -0.15) is 28.6 Å². The van der Waals surface area contributed by atoms with Gasteiger partial charge >= 0.3 is 6.18 Å². The second-order valence-corrected chi connectivity index (χ2v) is 3.38. The number of carbonyl (C=O) groups is 1. The number of alkyl halides is 3. The maximum absolute atomic E-state index is 13.2. The first-order chi connectivity index (χ1) is 8.39. The van der Waals surface area contributed by atoms with Crippen molar-refractivity contribution in [2.45, 2.75) is 6.18 Å². The van der Waals surface area contributed by atoms with Gasteiger partial charge < -0.3 is 0 Å². The Labute approximate surface area is 97.6 Å². The predicted octanol–water partition coefficient (Wildman–Crippen LogP) is 2.19. The zero-order valence-electron chi connectivity index (χ0n) is 8.62. The van der Waals surface area contributed by atoms with Gasteiger partial charge in [0.05, 0.1) is 11.8 Å². The molecular formula is C10H5F4N3O. The molecule has 0 radical (unpaired) electrons. The lowest BCUT2D eigenvalue weighted by molar-refractivity contribution is -0.140. The lowest BCUT2D eigenvalue weighted by Crippen LogP contribution is -2.10. The standard InChI is InChI=1S/C10H5F4N3O/c11-7-3-5(1-2-6(7)10(12,13)14)9(18)8-4-15-17-16-8/h1-4H,(H,15,16,17). The summed E-state index contributed by atoms with van der Waals surface area (Å²) >= 11 is 0. The summed E-state index contributed by atoms with van der Waals surface area (Å²) in [6.07, 6.45) is -3.70. The number of H-pyrrole nitrogens is 1. The summed E-state index contributed by atoms with van der Waals surface area (Å²) in [5.74, 6) is -2.21. The lowest BCUT2D eigenvalue weighted by atomic mass is 10.1. The van der Waals surface area contributed by atoms with Crippen LogP contribution in [-0.4, -0.2) is 21.2 Å². The third-order valence-electron chi connectivity index (χ3n) is 2.18. The van der Waals surface area contributed by atoms with Gasteiger partial charge in [0.2, 0.25) is 5.78 Å². The molecule has 2 aromatic rings. The van der Waals surface area contributed by atoms with Crippen LogP contribution in [0.25, 0.3) is 0 Å². The molecular weight excluding hydrogens is 254 g/mol. The van der Waals surface area contributed by atoms with Crippen molar-refractivity contribution in [1.29, 1.82) is 0 Å². The van der Waals surface area contributed by atoms with E-state index in [1.54, 1.807) is 0 Å². The van der Waals surface area contributed by atoms with Gasteiger partial charge in [-0.05, 0) is 12.1 Å². The van der Waals surface area contributed by atoms with Crippen molar-refractivity contribution in [1.82, 2.24) is 15.4 Å². The first-order valence-corrected chi connectivity index (χ1v) is 4.67. The van der Waals surface area contributed by atoms with Crippen LogP contribution in [-0.2, 0) is 6.18 Å². The lowest BCUT2D eigenvalue weighted by Gasteiger charge is -2.08. The number of hydrogen-bond acceptors (Lipinski definition) is 3. The van der Waals surface area contributed by atoms with E-state index in [1.807, 2.05) is 0 Å². The van der Waals surface area contributed by atoms with Gasteiger partial charge in [-0.3, -0.25) is 4.79 Å². The van der Waals surface area contributed by atoms with E-state index in [-0.39, 0.29) is 11.3 Å². The molecule has 1 aromatic heterocycles. The molecule has 8 heteroatoms. The first kappa shape index (κ1) is 12.2. The minimum atomic E-state index is -4.79. The van der Waals surface area contributed by atoms with Crippen molar-refractivity contribution in [3.8, 4) is 0 Å². The highest BCUT2D eigenvalue weighted by Crippen LogP contribution is 2.31. The van der Waals surface area contributed by atoms with E-state index in [9.17, 15) is 22.4 Å². The number of benzene rings is 1. The molecule has 0 amide bonds. The summed E-state index contributed by atoms with van der Waals surface area (Å²) in [5.41, 5.74) is -1.75. The van der Waals surface area contributed by atoms with Crippen LogP contribution in [0.3, 0.4) is 0 Å². The highest BCUT2D eigenvalue weighted by Gasteiger charge is 2.34. The van der Waals surface area contributed by atoms with Crippen LogP contribution in [0.2, 0.25) is 0 Å². The van der Waals surface area contributed by atoms with Gasteiger partial charge in [0.1, 0.15) is 5.82 Å². The summed E-state index contributed by atoms with van der Waals surface area (Å²) < 4.78 is 50.1. The highest BCUT2D eigenvalue weighted by molar-refractivity contribution is 6.07. The van der Waals surface area contributed by atoms with E-state index in [4.69, 9.17) is 0 Å². The predicted molar refractivity (Wildman–Crippen MR) is 51.2 cm³/mol. The van der Waals surface area contributed by atoms with Crippen LogP contribution in [0, 0.1) is 5.82 Å². The number of ketones is 1. The quantitative estimate of drug-likeness (QED) is 0.664. The van der Waals surface area contributed by atoms with E-state index in [1.165, 1.54) is 0 Å². The number of aromatic amines is 1. The van der Waals surface area contributed by atoms with Crippen molar-refractivity contribution in [2.75, 3.05) is 0 Å². The Morgan fingerprint density at radius 1 is 1.28 bits per heavy atom. The molecule has 2 rings (SSSR count). The fourth-order valence-electron chi connectivity index (χ4n) is 1.35. The van der Waals surface area contributed by atoms with Crippen LogP contribution < -0.4 is 0 Å². The molecule has 4 nitrogen and oxygen atoms in total. The number of nitrogens with one attached hydrogen (secondary N) is 1. The third kappa shape index (κ3) is 2.22. The molecule has 0 unspecified atom stereocenters. The number of hydrogen-bond donors (Lipinski definition) is 1. The number of carbonyl (C=O) groups excluding carboxylic acids is 1. The van der Waals surface area contributed by atoms with Crippen LogP contribution in [0.15, 0.2) is 24.4 Å². The maximum atomic E-state index is 13.2. The Balaban J connectivity index is 2.38. The third-order valence-corrected chi connectivity index (χ3v) is 2.18. The molecule has 0 aliphatic heterocycles. The summed E-state index contributed by atoms with van der Waals surface area (Å²) in [4.78, 5) is 11.7. The van der Waals surface area contributed by atoms with E-state index in [0.29, 0.717) is 12.1 Å². The zero-order valence-corrected chi connectivity index (χ0v) is 8.62. The Bertz CT molecular complexity index is 577. The topological polar surface area (TPSA) is 58.6 Å². The van der Waals surface area contributed by atoms with Gasteiger partial charge in [0, 0.05) is 5.56 Å². The van der Waals surface area contributed by atoms with Gasteiger partial charge in [0.15, 0.2) is 5.69 Å². The SMILES string of the molecule is O=C(c1ccc(C(F)(F)F)c(F)c1)c1cn[nH]n1. The number of rotatable bonds is 2. The van der Waals surface area contributed by atoms with Crippen molar-refractivity contribution in [3.63, 3.8) is 0 Å². The Morgan fingerprint density at radius 2 is 2.00 bits per heavy atom. The van der Waals surface area contributed by atoms with E-state index >= 15 is 0 Å². The zero-order chi connectivity index (χ0) is 13.3. The fraction of sp³-hybridized carbons (Fsp3) is 0.100. The van der Waals surface area contributed by atoms with Gasteiger partial charge in [-0.1, -0.05) is 6.07 Å². The fourth-order valence-corrected chi connectivity index (χ4v) is 1.35. The number of nitrogens with zero attached hydrogens (tertiary/aromatic N) is 2. The Morgan fingerprint density at radius 3 is 2.50 bits per heavy atom. The van der Waals surface area contributed by atoms with Crippen molar-refractivity contribution in [3.05, 3.63) is 47.0 Å². The molecule has 94 valence electrons. The van der Waals surface area contributed by atoms with E-state index < -0.39 is 23.3 Å². The molecule has 0 saturated heterocycles. The largest absolute Gasteiger partial charge is 0.419 e. The maximum Gasteiger partial charge on any atom is 0.419 e. The monoisotopic (exact) mass is 259 g/mol. The molecule has 0 aliphatic carbocycles. The van der Waals surface area contributed by atoms with Gasteiger partial charge in [-0.15, -0.1) is 0 Å². The minimum absolute atomic E-state index is 0.103. The average molecular weight is 259 g/mol. The summed E-state index contributed by atoms with van der Waals surface area (Å²) in [7, 11) is 0. The molecule has 1 aromatic carbocycles. The summed E-state index contributed by atoms with van der Waals surface area (Å²) in [6, 6.07) is 1.94. The number of aromatic nitrogens is 3. The molecule has 18 heavy (non-hydrogen) atoms. The second-order valence-electron chi connectivity index (χ2n) is 3.38. The first-order valence-electron chi connectivity index (χ1n) is 4.67. The minimum Gasteiger partial charge on any atom is -0.287 e. The molecule has 0 fully saturated rings. The average Bonchev–Trinajstić information content (AvgIpc) is 2.79. The molecule has 0 atom stereocenters. The number of halogens is 4. The van der Waals surface area contributed by atoms with Crippen molar-refractivity contribution in [2.24, 2.45) is 0 Å². The van der Waals surface area contributed by atoms with Crippen LogP contribution in [0.4, 0.5) is 17.6 Å². The molecule has 0 bridgehead atoms. The van der Waals surface area contributed by atoms with Crippen LogP contribution in [0.5, 0.6) is 0 Å². The molecule has 1 N–H and O–H groups in total. The normalized spacial score (nSPS) is 11.6. The molecule has 0 saturated carbocycles.